The van der Waals surface area contributed by atoms with E-state index in [1.54, 1.807) is 0 Å². The minimum Gasteiger partial charge on any atom is -0.376 e. The molecule has 0 bridgehead atoms. The van der Waals surface area contributed by atoms with E-state index in [2.05, 4.69) is 27.9 Å². The van der Waals surface area contributed by atoms with Crippen LogP contribution in [0.15, 0.2) is 24.3 Å². The largest absolute Gasteiger partial charge is 0.376 e. The highest BCUT2D eigenvalue weighted by Gasteiger charge is 2.14. The lowest BCUT2D eigenvalue weighted by atomic mass is 10.2. The van der Waals surface area contributed by atoms with Gasteiger partial charge in [0.2, 0.25) is 0 Å². The fourth-order valence-electron chi connectivity index (χ4n) is 2.15. The number of halogens is 1. The highest BCUT2D eigenvalue weighted by molar-refractivity contribution is 14.1. The molecular formula is C14H18INO2. The molecule has 1 N–H and O–H groups in total. The van der Waals surface area contributed by atoms with Crippen LogP contribution < -0.4 is 5.32 Å². The Morgan fingerprint density at radius 2 is 1.94 bits per heavy atom. The minimum atomic E-state index is -0.0265. The summed E-state index contributed by atoms with van der Waals surface area (Å²) in [5.41, 5.74) is 0.705. The van der Waals surface area contributed by atoms with Gasteiger partial charge in [-0.15, -0.1) is 0 Å². The summed E-state index contributed by atoms with van der Waals surface area (Å²) in [4.78, 5) is 11.8. The van der Waals surface area contributed by atoms with E-state index in [0.29, 0.717) is 24.8 Å². The fraction of sp³-hybridized carbons (Fsp3) is 0.500. The van der Waals surface area contributed by atoms with Crippen LogP contribution in [0.25, 0.3) is 0 Å². The molecule has 1 fully saturated rings. The van der Waals surface area contributed by atoms with Gasteiger partial charge < -0.3 is 10.1 Å². The Morgan fingerprint density at radius 3 is 2.61 bits per heavy atom. The van der Waals surface area contributed by atoms with Crippen molar-refractivity contribution in [1.82, 2.24) is 5.32 Å². The molecule has 0 aromatic heterocycles. The van der Waals surface area contributed by atoms with Crippen molar-refractivity contribution in [3.8, 4) is 0 Å². The maximum absolute atomic E-state index is 11.8. The van der Waals surface area contributed by atoms with Gasteiger partial charge in [0.05, 0.1) is 12.7 Å². The molecule has 4 heteroatoms. The van der Waals surface area contributed by atoms with Gasteiger partial charge in [0, 0.05) is 15.7 Å². The molecule has 0 saturated heterocycles. The molecule has 0 aliphatic heterocycles. The van der Waals surface area contributed by atoms with Crippen molar-refractivity contribution in [2.75, 3.05) is 13.2 Å². The van der Waals surface area contributed by atoms with Crippen LogP contribution in [0.5, 0.6) is 0 Å². The van der Waals surface area contributed by atoms with E-state index in [0.717, 1.165) is 3.57 Å². The predicted octanol–water partition coefficient (Wildman–Crippen LogP) is 2.98. The number of nitrogens with one attached hydrogen (secondary N) is 1. The summed E-state index contributed by atoms with van der Waals surface area (Å²) >= 11 is 2.22. The summed E-state index contributed by atoms with van der Waals surface area (Å²) in [6.45, 7) is 1.20. The first-order valence-corrected chi connectivity index (χ1v) is 7.49. The molecule has 0 radical (unpaired) electrons. The van der Waals surface area contributed by atoms with Crippen molar-refractivity contribution < 1.29 is 9.53 Å². The first-order chi connectivity index (χ1) is 8.75. The number of hydrogen-bond donors (Lipinski definition) is 1. The molecule has 1 aliphatic carbocycles. The molecule has 18 heavy (non-hydrogen) atoms. The Labute approximate surface area is 121 Å². The summed E-state index contributed by atoms with van der Waals surface area (Å²) in [5, 5.41) is 2.88. The summed E-state index contributed by atoms with van der Waals surface area (Å²) in [5.74, 6) is -0.0265. The SMILES string of the molecule is O=C(NCCOC1CCCC1)c1ccc(I)cc1. The van der Waals surface area contributed by atoms with Crippen molar-refractivity contribution in [2.24, 2.45) is 0 Å². The quantitative estimate of drug-likeness (QED) is 0.649. The second-order valence-electron chi connectivity index (χ2n) is 4.54. The van der Waals surface area contributed by atoms with Crippen LogP contribution in [0.2, 0.25) is 0 Å². The zero-order chi connectivity index (χ0) is 12.8. The minimum absolute atomic E-state index is 0.0265. The normalized spacial score (nSPS) is 15.8. The summed E-state index contributed by atoms with van der Waals surface area (Å²) in [6, 6.07) is 7.55. The van der Waals surface area contributed by atoms with Gasteiger partial charge in [0.1, 0.15) is 0 Å². The molecule has 1 aliphatic rings. The van der Waals surface area contributed by atoms with E-state index in [9.17, 15) is 4.79 Å². The van der Waals surface area contributed by atoms with Gasteiger partial charge in [-0.2, -0.15) is 0 Å². The standard InChI is InChI=1S/C14H18INO2/c15-12-7-5-11(6-8-12)14(17)16-9-10-18-13-3-1-2-4-13/h5-8,13H,1-4,9-10H2,(H,16,17). The van der Waals surface area contributed by atoms with Gasteiger partial charge in [-0.25, -0.2) is 0 Å². The van der Waals surface area contributed by atoms with Gasteiger partial charge in [-0.3, -0.25) is 4.79 Å². The van der Waals surface area contributed by atoms with E-state index < -0.39 is 0 Å². The van der Waals surface area contributed by atoms with Crippen LogP contribution in [0, 0.1) is 3.57 Å². The van der Waals surface area contributed by atoms with E-state index in [4.69, 9.17) is 4.74 Å². The van der Waals surface area contributed by atoms with E-state index in [-0.39, 0.29) is 5.91 Å². The molecule has 2 rings (SSSR count). The average molecular weight is 359 g/mol. The Bertz CT molecular complexity index is 385. The highest BCUT2D eigenvalue weighted by atomic mass is 127. The Hall–Kier alpha value is -0.620. The number of carbonyl (C=O) groups is 1. The van der Waals surface area contributed by atoms with E-state index in [1.165, 1.54) is 25.7 Å². The average Bonchev–Trinajstić information content (AvgIpc) is 2.88. The molecule has 0 spiro atoms. The Morgan fingerprint density at radius 1 is 1.28 bits per heavy atom. The molecule has 0 heterocycles. The number of ether oxygens (including phenoxy) is 1. The maximum Gasteiger partial charge on any atom is 0.251 e. The first-order valence-electron chi connectivity index (χ1n) is 6.41. The molecule has 1 amide bonds. The van der Waals surface area contributed by atoms with Crippen molar-refractivity contribution in [1.29, 1.82) is 0 Å². The van der Waals surface area contributed by atoms with Crippen LogP contribution >= 0.6 is 22.6 Å². The number of rotatable bonds is 5. The number of carbonyl (C=O) groups excluding carboxylic acids is 1. The molecule has 1 aromatic carbocycles. The van der Waals surface area contributed by atoms with Crippen molar-refractivity contribution in [2.45, 2.75) is 31.8 Å². The monoisotopic (exact) mass is 359 g/mol. The lowest BCUT2D eigenvalue weighted by Gasteiger charge is -2.11. The zero-order valence-corrected chi connectivity index (χ0v) is 12.5. The third kappa shape index (κ3) is 4.24. The highest BCUT2D eigenvalue weighted by Crippen LogP contribution is 2.20. The van der Waals surface area contributed by atoms with Gasteiger partial charge in [-0.1, -0.05) is 12.8 Å². The van der Waals surface area contributed by atoms with Crippen molar-refractivity contribution >= 4 is 28.5 Å². The summed E-state index contributed by atoms with van der Waals surface area (Å²) < 4.78 is 6.83. The lowest BCUT2D eigenvalue weighted by Crippen LogP contribution is -2.28. The predicted molar refractivity (Wildman–Crippen MR) is 79.7 cm³/mol. The van der Waals surface area contributed by atoms with E-state index >= 15 is 0 Å². The van der Waals surface area contributed by atoms with Crippen LogP contribution in [-0.4, -0.2) is 25.2 Å². The molecule has 1 aromatic rings. The van der Waals surface area contributed by atoms with Crippen molar-refractivity contribution in [3.63, 3.8) is 0 Å². The maximum atomic E-state index is 11.8. The zero-order valence-electron chi connectivity index (χ0n) is 10.3. The molecule has 0 unspecified atom stereocenters. The van der Waals surface area contributed by atoms with Gasteiger partial charge in [0.15, 0.2) is 0 Å². The number of benzene rings is 1. The Kier molecular flexibility index (Phi) is 5.44. The first kappa shape index (κ1) is 13.8. The van der Waals surface area contributed by atoms with Gasteiger partial charge >= 0.3 is 0 Å². The Balaban J connectivity index is 1.66. The topological polar surface area (TPSA) is 38.3 Å². The van der Waals surface area contributed by atoms with Crippen LogP contribution in [0.3, 0.4) is 0 Å². The molecular weight excluding hydrogens is 341 g/mol. The third-order valence-corrected chi connectivity index (χ3v) is 3.87. The van der Waals surface area contributed by atoms with Crippen molar-refractivity contribution in [3.05, 3.63) is 33.4 Å². The molecule has 3 nitrogen and oxygen atoms in total. The molecule has 1 saturated carbocycles. The summed E-state index contributed by atoms with van der Waals surface area (Å²) in [6.07, 6.45) is 5.32. The number of hydrogen-bond acceptors (Lipinski definition) is 2. The lowest BCUT2D eigenvalue weighted by molar-refractivity contribution is 0.0582. The van der Waals surface area contributed by atoms with Gasteiger partial charge in [0.25, 0.3) is 5.91 Å². The smallest absolute Gasteiger partial charge is 0.251 e. The third-order valence-electron chi connectivity index (χ3n) is 3.15. The van der Waals surface area contributed by atoms with Crippen LogP contribution in [0.1, 0.15) is 36.0 Å². The molecule has 0 atom stereocenters. The number of amides is 1. The second-order valence-corrected chi connectivity index (χ2v) is 5.79. The van der Waals surface area contributed by atoms with E-state index in [1.807, 2.05) is 24.3 Å². The summed E-state index contributed by atoms with van der Waals surface area (Å²) in [7, 11) is 0. The van der Waals surface area contributed by atoms with Crippen LogP contribution in [0.4, 0.5) is 0 Å². The van der Waals surface area contributed by atoms with Gasteiger partial charge in [-0.05, 0) is 59.7 Å². The van der Waals surface area contributed by atoms with Crippen LogP contribution in [-0.2, 0) is 4.74 Å². The second kappa shape index (κ2) is 7.09. The fourth-order valence-corrected chi connectivity index (χ4v) is 2.51. The molecule has 98 valence electrons.